The fourth-order valence-electron chi connectivity index (χ4n) is 3.59. The van der Waals surface area contributed by atoms with Crippen LogP contribution in [0.5, 0.6) is 0 Å². The Bertz CT molecular complexity index is 1100. The lowest BCUT2D eigenvalue weighted by Gasteiger charge is -2.36. The van der Waals surface area contributed by atoms with E-state index in [1.165, 1.54) is 0 Å². The second-order valence-corrected chi connectivity index (χ2v) is 8.60. The van der Waals surface area contributed by atoms with Gasteiger partial charge in [-0.25, -0.2) is 0 Å². The lowest BCUT2D eigenvalue weighted by molar-refractivity contribution is 0.0746. The van der Waals surface area contributed by atoms with Crippen molar-refractivity contribution in [1.29, 1.82) is 0 Å². The maximum atomic E-state index is 12.6. The third-order valence-corrected chi connectivity index (χ3v) is 6.02. The van der Waals surface area contributed by atoms with Crippen LogP contribution in [0, 0.1) is 0 Å². The number of amides is 2. The molecule has 1 aliphatic heterocycles. The van der Waals surface area contributed by atoms with Crippen molar-refractivity contribution in [2.75, 3.05) is 36.4 Å². The largest absolute Gasteiger partial charge is 0.367 e. The molecule has 5 nitrogen and oxygen atoms in total. The van der Waals surface area contributed by atoms with Crippen LogP contribution in [0.3, 0.4) is 0 Å². The number of nitrogens with one attached hydrogen (secondary N) is 1. The second kappa shape index (κ2) is 9.54. The molecule has 0 radical (unpaired) electrons. The summed E-state index contributed by atoms with van der Waals surface area (Å²) in [6.45, 7) is 2.65. The summed E-state index contributed by atoms with van der Waals surface area (Å²) in [6.07, 6.45) is 0. The molecule has 31 heavy (non-hydrogen) atoms. The number of piperazine rings is 1. The SMILES string of the molecule is O=C(Nc1ccc(N2CCN(C(=O)c3ccccc3)CC2)c(Cl)c1)c1cccc(Br)c1. The number of carbonyl (C=O) groups is 2. The van der Waals surface area contributed by atoms with Crippen LogP contribution in [0.2, 0.25) is 5.02 Å². The van der Waals surface area contributed by atoms with Gasteiger partial charge in [0, 0.05) is 47.5 Å². The quantitative estimate of drug-likeness (QED) is 0.530. The van der Waals surface area contributed by atoms with Crippen molar-refractivity contribution in [3.8, 4) is 0 Å². The minimum absolute atomic E-state index is 0.0527. The van der Waals surface area contributed by atoms with Crippen molar-refractivity contribution in [3.63, 3.8) is 0 Å². The predicted octanol–water partition coefficient (Wildman–Crippen LogP) is 5.32. The van der Waals surface area contributed by atoms with Gasteiger partial charge in [-0.15, -0.1) is 0 Å². The molecule has 1 fully saturated rings. The lowest BCUT2D eigenvalue weighted by Crippen LogP contribution is -2.48. The van der Waals surface area contributed by atoms with Crippen LogP contribution >= 0.6 is 27.5 Å². The van der Waals surface area contributed by atoms with Gasteiger partial charge in [-0.2, -0.15) is 0 Å². The van der Waals surface area contributed by atoms with Gasteiger partial charge in [0.1, 0.15) is 0 Å². The number of hydrogen-bond acceptors (Lipinski definition) is 3. The maximum absolute atomic E-state index is 12.6. The van der Waals surface area contributed by atoms with Gasteiger partial charge in [-0.05, 0) is 48.5 Å². The molecule has 0 spiro atoms. The van der Waals surface area contributed by atoms with Crippen molar-refractivity contribution in [3.05, 3.63) is 93.4 Å². The van der Waals surface area contributed by atoms with Gasteiger partial charge in [0.15, 0.2) is 0 Å². The van der Waals surface area contributed by atoms with E-state index in [0.29, 0.717) is 48.0 Å². The van der Waals surface area contributed by atoms with E-state index in [0.717, 1.165) is 10.2 Å². The average molecular weight is 499 g/mol. The Morgan fingerprint density at radius 3 is 2.23 bits per heavy atom. The van der Waals surface area contributed by atoms with E-state index < -0.39 is 0 Å². The van der Waals surface area contributed by atoms with Gasteiger partial charge in [0.25, 0.3) is 11.8 Å². The summed E-state index contributed by atoms with van der Waals surface area (Å²) in [5.41, 5.74) is 2.80. The number of nitrogens with zero attached hydrogens (tertiary/aromatic N) is 2. The fourth-order valence-corrected chi connectivity index (χ4v) is 4.29. The number of anilines is 2. The van der Waals surface area contributed by atoms with E-state index in [-0.39, 0.29) is 11.8 Å². The lowest BCUT2D eigenvalue weighted by atomic mass is 10.1. The van der Waals surface area contributed by atoms with Gasteiger partial charge in [0.2, 0.25) is 0 Å². The van der Waals surface area contributed by atoms with Gasteiger partial charge < -0.3 is 15.1 Å². The van der Waals surface area contributed by atoms with Crippen LogP contribution < -0.4 is 10.2 Å². The molecule has 0 saturated carbocycles. The monoisotopic (exact) mass is 497 g/mol. The summed E-state index contributed by atoms with van der Waals surface area (Å²) < 4.78 is 0.846. The van der Waals surface area contributed by atoms with Crippen molar-refractivity contribution in [2.24, 2.45) is 0 Å². The number of halogens is 2. The molecule has 158 valence electrons. The highest BCUT2D eigenvalue weighted by atomic mass is 79.9. The summed E-state index contributed by atoms with van der Waals surface area (Å²) in [5.74, 6) is -0.143. The predicted molar refractivity (Wildman–Crippen MR) is 128 cm³/mol. The Hall–Kier alpha value is -2.83. The normalized spacial score (nSPS) is 13.7. The Balaban J connectivity index is 1.39. The molecule has 0 bridgehead atoms. The van der Waals surface area contributed by atoms with Crippen LogP contribution in [0.15, 0.2) is 77.3 Å². The Kier molecular flexibility index (Phi) is 6.59. The first-order valence-corrected chi connectivity index (χ1v) is 11.1. The Morgan fingerprint density at radius 1 is 0.839 bits per heavy atom. The molecule has 0 aliphatic carbocycles. The van der Waals surface area contributed by atoms with E-state index in [1.807, 2.05) is 59.5 Å². The van der Waals surface area contributed by atoms with Gasteiger partial charge in [0.05, 0.1) is 10.7 Å². The van der Waals surface area contributed by atoms with Gasteiger partial charge in [-0.3, -0.25) is 9.59 Å². The van der Waals surface area contributed by atoms with E-state index in [2.05, 4.69) is 26.1 Å². The molecule has 1 N–H and O–H groups in total. The number of benzene rings is 3. The van der Waals surface area contributed by atoms with Crippen LogP contribution in [-0.4, -0.2) is 42.9 Å². The van der Waals surface area contributed by atoms with Crippen molar-refractivity contribution in [2.45, 2.75) is 0 Å². The summed E-state index contributed by atoms with van der Waals surface area (Å²) >= 11 is 9.91. The van der Waals surface area contributed by atoms with Crippen LogP contribution in [0.1, 0.15) is 20.7 Å². The van der Waals surface area contributed by atoms with Crippen LogP contribution in [0.4, 0.5) is 11.4 Å². The molecular weight excluding hydrogens is 478 g/mol. The molecule has 1 saturated heterocycles. The summed E-state index contributed by atoms with van der Waals surface area (Å²) in [6, 6.07) is 22.1. The minimum atomic E-state index is -0.196. The molecule has 4 rings (SSSR count). The molecule has 3 aromatic carbocycles. The summed E-state index contributed by atoms with van der Waals surface area (Å²) in [7, 11) is 0. The molecular formula is C24H21BrClN3O2. The first kappa shape index (κ1) is 21.4. The average Bonchev–Trinajstić information content (AvgIpc) is 2.79. The molecule has 1 heterocycles. The van der Waals surface area contributed by atoms with Crippen LogP contribution in [0.25, 0.3) is 0 Å². The zero-order chi connectivity index (χ0) is 21.8. The zero-order valence-electron chi connectivity index (χ0n) is 16.7. The first-order valence-electron chi connectivity index (χ1n) is 9.97. The number of hydrogen-bond donors (Lipinski definition) is 1. The highest BCUT2D eigenvalue weighted by molar-refractivity contribution is 9.10. The molecule has 0 atom stereocenters. The molecule has 2 amide bonds. The molecule has 0 unspecified atom stereocenters. The van der Waals surface area contributed by atoms with E-state index in [9.17, 15) is 9.59 Å². The fraction of sp³-hybridized carbons (Fsp3) is 0.167. The standard InChI is InChI=1S/C24H21BrClN3O2/c25-19-8-4-7-18(15-19)23(30)27-20-9-10-22(21(26)16-20)28-11-13-29(14-12-28)24(31)17-5-2-1-3-6-17/h1-10,15-16H,11-14H2,(H,27,30). The highest BCUT2D eigenvalue weighted by Gasteiger charge is 2.23. The van der Waals surface area contributed by atoms with E-state index in [1.54, 1.807) is 18.2 Å². The summed E-state index contributed by atoms with van der Waals surface area (Å²) in [4.78, 5) is 29.1. The maximum Gasteiger partial charge on any atom is 0.255 e. The van der Waals surface area contributed by atoms with E-state index >= 15 is 0 Å². The molecule has 3 aromatic rings. The second-order valence-electron chi connectivity index (χ2n) is 7.28. The molecule has 0 aromatic heterocycles. The van der Waals surface area contributed by atoms with Gasteiger partial charge in [-0.1, -0.05) is 51.8 Å². The van der Waals surface area contributed by atoms with Crippen molar-refractivity contribution in [1.82, 2.24) is 4.90 Å². The highest BCUT2D eigenvalue weighted by Crippen LogP contribution is 2.30. The Labute approximate surface area is 194 Å². The third kappa shape index (κ3) is 5.09. The topological polar surface area (TPSA) is 52.7 Å². The van der Waals surface area contributed by atoms with E-state index in [4.69, 9.17) is 11.6 Å². The summed E-state index contributed by atoms with van der Waals surface area (Å²) in [5, 5.41) is 3.45. The smallest absolute Gasteiger partial charge is 0.255 e. The van der Waals surface area contributed by atoms with Crippen molar-refractivity contribution >= 4 is 50.7 Å². The zero-order valence-corrected chi connectivity index (χ0v) is 19.1. The third-order valence-electron chi connectivity index (χ3n) is 5.22. The number of rotatable bonds is 4. The number of carbonyl (C=O) groups excluding carboxylic acids is 2. The first-order chi connectivity index (χ1) is 15.0. The van der Waals surface area contributed by atoms with Gasteiger partial charge >= 0.3 is 0 Å². The minimum Gasteiger partial charge on any atom is -0.367 e. The molecule has 1 aliphatic rings. The van der Waals surface area contributed by atoms with Crippen molar-refractivity contribution < 1.29 is 9.59 Å². The Morgan fingerprint density at radius 2 is 1.55 bits per heavy atom. The van der Waals surface area contributed by atoms with Crippen LogP contribution in [-0.2, 0) is 0 Å². The molecule has 7 heteroatoms.